The van der Waals surface area contributed by atoms with Gasteiger partial charge in [0.2, 0.25) is 5.91 Å². The fourth-order valence-corrected chi connectivity index (χ4v) is 4.10. The normalized spacial score (nSPS) is 16.9. The minimum absolute atomic E-state index is 0.144. The van der Waals surface area contributed by atoms with Crippen molar-refractivity contribution in [3.05, 3.63) is 41.5 Å². The van der Waals surface area contributed by atoms with Gasteiger partial charge in [-0.25, -0.2) is 0 Å². The van der Waals surface area contributed by atoms with Crippen LogP contribution in [0.1, 0.15) is 83.3 Å². The van der Waals surface area contributed by atoms with Crippen LogP contribution in [-0.2, 0) is 4.79 Å². The van der Waals surface area contributed by atoms with E-state index in [-0.39, 0.29) is 5.91 Å². The molecule has 2 rings (SSSR count). The molecule has 1 aromatic rings. The molecule has 0 aliphatic heterocycles. The number of hydrogen-bond donors (Lipinski definition) is 1. The molecule has 1 saturated carbocycles. The zero-order valence-electron chi connectivity index (χ0n) is 16.5. The SMILES string of the molecule is CC(C)CC1(CNC(=O)C/C=C/c2ccc(C(C)C)cc2)CCCC1. The van der Waals surface area contributed by atoms with Crippen molar-refractivity contribution in [2.45, 2.75) is 72.1 Å². The first-order valence-corrected chi connectivity index (χ1v) is 9.93. The Bertz CT molecular complexity index is 562. The van der Waals surface area contributed by atoms with Crippen LogP contribution in [0.2, 0.25) is 0 Å². The highest BCUT2D eigenvalue weighted by atomic mass is 16.1. The Kier molecular flexibility index (Phi) is 7.28. The second-order valence-electron chi connectivity index (χ2n) is 8.51. The first-order chi connectivity index (χ1) is 11.9. The van der Waals surface area contributed by atoms with E-state index in [4.69, 9.17) is 0 Å². The second kappa shape index (κ2) is 9.22. The van der Waals surface area contributed by atoms with E-state index in [9.17, 15) is 4.79 Å². The molecule has 2 nitrogen and oxygen atoms in total. The number of carbonyl (C=O) groups excluding carboxylic acids is 1. The Morgan fingerprint density at radius 2 is 1.76 bits per heavy atom. The van der Waals surface area contributed by atoms with Gasteiger partial charge in [-0.3, -0.25) is 4.79 Å². The lowest BCUT2D eigenvalue weighted by Crippen LogP contribution is -2.36. The van der Waals surface area contributed by atoms with E-state index in [1.165, 1.54) is 37.7 Å². The molecule has 0 bridgehead atoms. The Labute approximate surface area is 154 Å². The fraction of sp³-hybridized carbons (Fsp3) is 0.609. The molecular formula is C23H35NO. The van der Waals surface area contributed by atoms with Crippen molar-refractivity contribution >= 4 is 12.0 Å². The van der Waals surface area contributed by atoms with Crippen LogP contribution < -0.4 is 5.32 Å². The van der Waals surface area contributed by atoms with E-state index in [2.05, 4.69) is 57.3 Å². The molecule has 1 aliphatic rings. The van der Waals surface area contributed by atoms with Crippen LogP contribution in [0.25, 0.3) is 6.08 Å². The van der Waals surface area contributed by atoms with Crippen molar-refractivity contribution in [1.82, 2.24) is 5.32 Å². The number of nitrogens with one attached hydrogen (secondary N) is 1. The Balaban J connectivity index is 1.79. The van der Waals surface area contributed by atoms with Crippen LogP contribution in [0.5, 0.6) is 0 Å². The maximum Gasteiger partial charge on any atom is 0.223 e. The summed E-state index contributed by atoms with van der Waals surface area (Å²) in [7, 11) is 0. The molecule has 0 aromatic heterocycles. The Morgan fingerprint density at radius 1 is 1.12 bits per heavy atom. The van der Waals surface area contributed by atoms with Crippen molar-refractivity contribution < 1.29 is 4.79 Å². The van der Waals surface area contributed by atoms with Crippen molar-refractivity contribution in [2.24, 2.45) is 11.3 Å². The molecule has 0 heterocycles. The molecule has 1 aromatic carbocycles. The molecule has 0 saturated heterocycles. The zero-order valence-corrected chi connectivity index (χ0v) is 16.5. The van der Waals surface area contributed by atoms with E-state index in [0.717, 1.165) is 12.1 Å². The summed E-state index contributed by atoms with van der Waals surface area (Å²) in [4.78, 5) is 12.2. The molecule has 1 aliphatic carbocycles. The number of carbonyl (C=O) groups is 1. The molecule has 0 atom stereocenters. The highest BCUT2D eigenvalue weighted by Crippen LogP contribution is 2.42. The topological polar surface area (TPSA) is 29.1 Å². The summed E-state index contributed by atoms with van der Waals surface area (Å²) in [5, 5.41) is 3.19. The van der Waals surface area contributed by atoms with Crippen molar-refractivity contribution in [3.63, 3.8) is 0 Å². The molecule has 2 heteroatoms. The van der Waals surface area contributed by atoms with Gasteiger partial charge in [0, 0.05) is 13.0 Å². The van der Waals surface area contributed by atoms with Crippen LogP contribution in [0.15, 0.2) is 30.3 Å². The number of hydrogen-bond acceptors (Lipinski definition) is 1. The average Bonchev–Trinajstić information content (AvgIpc) is 3.01. The number of amides is 1. The standard InChI is InChI=1S/C23H35NO/c1-18(2)16-23(14-5-6-15-23)17-24-22(25)9-7-8-20-10-12-21(13-11-20)19(3)4/h7-8,10-13,18-19H,5-6,9,14-17H2,1-4H3,(H,24,25)/b8-7+. The zero-order chi connectivity index (χ0) is 18.3. The summed E-state index contributed by atoms with van der Waals surface area (Å²) in [5.41, 5.74) is 2.85. The first kappa shape index (κ1) is 19.8. The van der Waals surface area contributed by atoms with Gasteiger partial charge in [-0.1, -0.05) is 77.0 Å². The number of rotatable bonds is 8. The van der Waals surface area contributed by atoms with Crippen LogP contribution in [0.4, 0.5) is 0 Å². The number of benzene rings is 1. The van der Waals surface area contributed by atoms with Gasteiger partial charge in [0.1, 0.15) is 0 Å². The summed E-state index contributed by atoms with van der Waals surface area (Å²) in [5.74, 6) is 1.39. The Morgan fingerprint density at radius 3 is 2.32 bits per heavy atom. The third-order valence-electron chi connectivity index (χ3n) is 5.38. The van der Waals surface area contributed by atoms with Gasteiger partial charge in [-0.15, -0.1) is 0 Å². The third kappa shape index (κ3) is 6.34. The van der Waals surface area contributed by atoms with E-state index < -0.39 is 0 Å². The van der Waals surface area contributed by atoms with E-state index in [0.29, 0.717) is 23.7 Å². The van der Waals surface area contributed by atoms with E-state index >= 15 is 0 Å². The van der Waals surface area contributed by atoms with Gasteiger partial charge in [-0.05, 0) is 47.6 Å². The van der Waals surface area contributed by atoms with Gasteiger partial charge in [0.25, 0.3) is 0 Å². The van der Waals surface area contributed by atoms with E-state index in [1.54, 1.807) is 0 Å². The summed E-state index contributed by atoms with van der Waals surface area (Å²) in [6, 6.07) is 8.58. The molecular weight excluding hydrogens is 306 g/mol. The minimum Gasteiger partial charge on any atom is -0.355 e. The third-order valence-corrected chi connectivity index (χ3v) is 5.38. The van der Waals surface area contributed by atoms with Gasteiger partial charge in [-0.2, -0.15) is 0 Å². The lowest BCUT2D eigenvalue weighted by atomic mass is 9.78. The van der Waals surface area contributed by atoms with Crippen molar-refractivity contribution in [1.29, 1.82) is 0 Å². The maximum absolute atomic E-state index is 12.2. The van der Waals surface area contributed by atoms with Crippen LogP contribution >= 0.6 is 0 Å². The molecule has 25 heavy (non-hydrogen) atoms. The summed E-state index contributed by atoms with van der Waals surface area (Å²) in [6.07, 6.45) is 10.9. The fourth-order valence-electron chi connectivity index (χ4n) is 4.10. The molecule has 1 amide bonds. The quantitative estimate of drug-likeness (QED) is 0.623. The monoisotopic (exact) mass is 341 g/mol. The molecule has 0 spiro atoms. The highest BCUT2D eigenvalue weighted by Gasteiger charge is 2.34. The molecule has 138 valence electrons. The van der Waals surface area contributed by atoms with Gasteiger partial charge in [0.05, 0.1) is 0 Å². The molecule has 0 unspecified atom stereocenters. The first-order valence-electron chi connectivity index (χ1n) is 9.93. The van der Waals surface area contributed by atoms with Gasteiger partial charge < -0.3 is 5.32 Å². The van der Waals surface area contributed by atoms with Crippen LogP contribution in [0.3, 0.4) is 0 Å². The van der Waals surface area contributed by atoms with Gasteiger partial charge in [0.15, 0.2) is 0 Å². The van der Waals surface area contributed by atoms with Crippen molar-refractivity contribution in [3.8, 4) is 0 Å². The van der Waals surface area contributed by atoms with Gasteiger partial charge >= 0.3 is 0 Å². The molecule has 1 N–H and O–H groups in total. The predicted molar refractivity (Wildman–Crippen MR) is 108 cm³/mol. The lowest BCUT2D eigenvalue weighted by Gasteiger charge is -2.31. The summed E-state index contributed by atoms with van der Waals surface area (Å²) < 4.78 is 0. The lowest BCUT2D eigenvalue weighted by molar-refractivity contribution is -0.120. The molecule has 1 fully saturated rings. The van der Waals surface area contributed by atoms with Crippen LogP contribution in [0, 0.1) is 11.3 Å². The Hall–Kier alpha value is -1.57. The minimum atomic E-state index is 0.144. The van der Waals surface area contributed by atoms with E-state index in [1.807, 2.05) is 12.2 Å². The predicted octanol–water partition coefficient (Wildman–Crippen LogP) is 5.94. The average molecular weight is 342 g/mol. The summed E-state index contributed by atoms with van der Waals surface area (Å²) >= 11 is 0. The summed E-state index contributed by atoms with van der Waals surface area (Å²) in [6.45, 7) is 9.82. The van der Waals surface area contributed by atoms with Crippen LogP contribution in [-0.4, -0.2) is 12.5 Å². The second-order valence-corrected chi connectivity index (χ2v) is 8.51. The maximum atomic E-state index is 12.2. The largest absolute Gasteiger partial charge is 0.355 e. The molecule has 0 radical (unpaired) electrons. The smallest absolute Gasteiger partial charge is 0.223 e. The highest BCUT2D eigenvalue weighted by molar-refractivity contribution is 5.78. The van der Waals surface area contributed by atoms with Crippen molar-refractivity contribution in [2.75, 3.05) is 6.54 Å².